The lowest BCUT2D eigenvalue weighted by Gasteiger charge is -2.34. The minimum absolute atomic E-state index is 0.0502. The van der Waals surface area contributed by atoms with Gasteiger partial charge in [-0.25, -0.2) is 8.78 Å². The van der Waals surface area contributed by atoms with Gasteiger partial charge in [-0.05, 0) is 29.8 Å². The normalized spacial score (nSPS) is 14.3. The van der Waals surface area contributed by atoms with E-state index >= 15 is 0 Å². The maximum atomic E-state index is 13.3. The predicted molar refractivity (Wildman–Crippen MR) is 101 cm³/mol. The van der Waals surface area contributed by atoms with E-state index in [0.717, 1.165) is 12.1 Å². The van der Waals surface area contributed by atoms with Gasteiger partial charge in [0.25, 0.3) is 11.6 Å². The van der Waals surface area contributed by atoms with Crippen LogP contribution in [0.25, 0.3) is 6.08 Å². The van der Waals surface area contributed by atoms with Gasteiger partial charge in [-0.15, -0.1) is 0 Å². The summed E-state index contributed by atoms with van der Waals surface area (Å²) in [6.07, 6.45) is 2.82. The number of piperazine rings is 1. The fraction of sp³-hybridized carbons (Fsp3) is 0.200. The van der Waals surface area contributed by atoms with Gasteiger partial charge in [0.1, 0.15) is 0 Å². The van der Waals surface area contributed by atoms with Gasteiger partial charge in [0.15, 0.2) is 11.6 Å². The third-order valence-electron chi connectivity index (χ3n) is 4.54. The van der Waals surface area contributed by atoms with E-state index in [4.69, 9.17) is 0 Å². The summed E-state index contributed by atoms with van der Waals surface area (Å²) in [6, 6.07) is 8.89. The molecule has 29 heavy (non-hydrogen) atoms. The zero-order valence-electron chi connectivity index (χ0n) is 15.3. The van der Waals surface area contributed by atoms with Crippen LogP contribution in [-0.2, 0) is 4.79 Å². The maximum Gasteiger partial charge on any atom is 0.270 e. The Hall–Kier alpha value is -3.62. The van der Waals surface area contributed by atoms with Crippen molar-refractivity contribution >= 4 is 23.6 Å². The number of carbonyl (C=O) groups is 2. The number of rotatable bonds is 4. The summed E-state index contributed by atoms with van der Waals surface area (Å²) < 4.78 is 26.3. The number of carbonyl (C=O) groups excluding carboxylic acids is 2. The lowest BCUT2D eigenvalue weighted by Crippen LogP contribution is -2.50. The molecule has 2 aromatic carbocycles. The predicted octanol–water partition coefficient (Wildman–Crippen LogP) is 2.87. The first-order valence-electron chi connectivity index (χ1n) is 8.81. The fourth-order valence-electron chi connectivity index (χ4n) is 2.96. The molecule has 1 heterocycles. The Morgan fingerprint density at radius 1 is 0.966 bits per heavy atom. The zero-order chi connectivity index (χ0) is 21.0. The van der Waals surface area contributed by atoms with Gasteiger partial charge in [-0.3, -0.25) is 19.7 Å². The van der Waals surface area contributed by atoms with Crippen molar-refractivity contribution < 1.29 is 23.3 Å². The summed E-state index contributed by atoms with van der Waals surface area (Å²) in [4.78, 5) is 38.0. The molecule has 3 rings (SSSR count). The van der Waals surface area contributed by atoms with Crippen molar-refractivity contribution in [1.82, 2.24) is 9.80 Å². The number of nitrogens with zero attached hydrogens (tertiary/aromatic N) is 3. The molecule has 1 saturated heterocycles. The van der Waals surface area contributed by atoms with E-state index in [1.807, 2.05) is 0 Å². The van der Waals surface area contributed by atoms with Crippen LogP contribution in [0.5, 0.6) is 0 Å². The van der Waals surface area contributed by atoms with Crippen molar-refractivity contribution in [3.8, 4) is 0 Å². The molecule has 0 aliphatic carbocycles. The highest BCUT2D eigenvalue weighted by atomic mass is 19.2. The summed E-state index contributed by atoms with van der Waals surface area (Å²) in [5, 5.41) is 10.8. The first-order valence-corrected chi connectivity index (χ1v) is 8.81. The minimum Gasteiger partial charge on any atom is -0.336 e. The molecule has 1 fully saturated rings. The molecule has 150 valence electrons. The SMILES string of the molecule is O=C(/C=C/c1cccc([N+](=O)[O-])c1)N1CCN(C(=O)c2ccc(F)c(F)c2)CC1. The standard InChI is InChI=1S/C20H17F2N3O4/c21-17-6-5-15(13-18(17)22)20(27)24-10-8-23(9-11-24)19(26)7-4-14-2-1-3-16(12-14)25(28)29/h1-7,12-13H,8-11H2/b7-4+. The molecule has 1 aliphatic heterocycles. The number of halogens is 2. The van der Waals surface area contributed by atoms with Gasteiger partial charge in [-0.1, -0.05) is 12.1 Å². The molecule has 2 aromatic rings. The highest BCUT2D eigenvalue weighted by Crippen LogP contribution is 2.15. The summed E-state index contributed by atoms with van der Waals surface area (Å²) in [5.41, 5.74) is 0.512. The first kappa shape index (κ1) is 20.1. The second-order valence-corrected chi connectivity index (χ2v) is 6.43. The second kappa shape index (κ2) is 8.59. The molecule has 0 spiro atoms. The number of non-ortho nitro benzene ring substituents is 1. The molecular formula is C20H17F2N3O4. The van der Waals surface area contributed by atoms with Crippen molar-refractivity contribution in [2.45, 2.75) is 0 Å². The largest absolute Gasteiger partial charge is 0.336 e. The average Bonchev–Trinajstić information content (AvgIpc) is 2.73. The molecular weight excluding hydrogens is 384 g/mol. The molecule has 0 N–H and O–H groups in total. The Balaban J connectivity index is 1.58. The molecule has 0 bridgehead atoms. The van der Waals surface area contributed by atoms with Crippen molar-refractivity contribution in [3.05, 3.63) is 81.4 Å². The number of hydrogen-bond donors (Lipinski definition) is 0. The summed E-state index contributed by atoms with van der Waals surface area (Å²) in [7, 11) is 0. The number of benzene rings is 2. The lowest BCUT2D eigenvalue weighted by molar-refractivity contribution is -0.384. The van der Waals surface area contributed by atoms with Crippen LogP contribution in [0.3, 0.4) is 0 Å². The first-order chi connectivity index (χ1) is 13.8. The number of amides is 2. The monoisotopic (exact) mass is 401 g/mol. The fourth-order valence-corrected chi connectivity index (χ4v) is 2.96. The van der Waals surface area contributed by atoms with Gasteiger partial charge < -0.3 is 9.80 Å². The van der Waals surface area contributed by atoms with Crippen molar-refractivity contribution in [1.29, 1.82) is 0 Å². The van der Waals surface area contributed by atoms with Crippen molar-refractivity contribution in [2.75, 3.05) is 26.2 Å². The third-order valence-corrected chi connectivity index (χ3v) is 4.54. The summed E-state index contributed by atoms with van der Waals surface area (Å²) >= 11 is 0. The Kier molecular flexibility index (Phi) is 5.96. The van der Waals surface area contributed by atoms with Crippen LogP contribution in [0, 0.1) is 21.7 Å². The van der Waals surface area contributed by atoms with Crippen LogP contribution < -0.4 is 0 Å². The zero-order valence-corrected chi connectivity index (χ0v) is 15.3. The Bertz CT molecular complexity index is 985. The smallest absolute Gasteiger partial charge is 0.270 e. The van der Waals surface area contributed by atoms with E-state index in [-0.39, 0.29) is 43.3 Å². The Morgan fingerprint density at radius 3 is 2.31 bits per heavy atom. The molecule has 9 heteroatoms. The topological polar surface area (TPSA) is 83.8 Å². The molecule has 0 saturated carbocycles. The van der Waals surface area contributed by atoms with Crippen LogP contribution >= 0.6 is 0 Å². The van der Waals surface area contributed by atoms with E-state index in [2.05, 4.69) is 0 Å². The van der Waals surface area contributed by atoms with Crippen LogP contribution in [0.1, 0.15) is 15.9 Å². The third kappa shape index (κ3) is 4.81. The van der Waals surface area contributed by atoms with Crippen LogP contribution in [-0.4, -0.2) is 52.7 Å². The van der Waals surface area contributed by atoms with Gasteiger partial charge in [0.05, 0.1) is 4.92 Å². The summed E-state index contributed by atoms with van der Waals surface area (Å²) in [5.74, 6) is -2.82. The number of hydrogen-bond acceptors (Lipinski definition) is 4. The molecule has 0 aromatic heterocycles. The number of nitro benzene ring substituents is 1. The van der Waals surface area contributed by atoms with E-state index in [9.17, 15) is 28.5 Å². The van der Waals surface area contributed by atoms with E-state index in [1.54, 1.807) is 11.0 Å². The molecule has 2 amide bonds. The maximum absolute atomic E-state index is 13.3. The molecule has 0 radical (unpaired) electrons. The molecule has 1 aliphatic rings. The molecule has 0 unspecified atom stereocenters. The van der Waals surface area contributed by atoms with Gasteiger partial charge in [0, 0.05) is 50.0 Å². The van der Waals surface area contributed by atoms with Crippen molar-refractivity contribution in [3.63, 3.8) is 0 Å². The quantitative estimate of drug-likeness (QED) is 0.448. The van der Waals surface area contributed by atoms with Crippen LogP contribution in [0.2, 0.25) is 0 Å². The van der Waals surface area contributed by atoms with Crippen LogP contribution in [0.15, 0.2) is 48.5 Å². The van der Waals surface area contributed by atoms with E-state index in [0.29, 0.717) is 5.56 Å². The van der Waals surface area contributed by atoms with Gasteiger partial charge in [-0.2, -0.15) is 0 Å². The molecule has 7 nitrogen and oxygen atoms in total. The van der Waals surface area contributed by atoms with Gasteiger partial charge in [0.2, 0.25) is 5.91 Å². The Morgan fingerprint density at radius 2 is 1.66 bits per heavy atom. The molecule has 0 atom stereocenters. The second-order valence-electron chi connectivity index (χ2n) is 6.43. The highest BCUT2D eigenvalue weighted by molar-refractivity contribution is 5.95. The van der Waals surface area contributed by atoms with Crippen molar-refractivity contribution in [2.24, 2.45) is 0 Å². The number of nitro groups is 1. The Labute approximate surface area is 165 Å². The van der Waals surface area contributed by atoms with E-state index in [1.165, 1.54) is 41.3 Å². The minimum atomic E-state index is -1.09. The lowest BCUT2D eigenvalue weighted by atomic mass is 10.1. The van der Waals surface area contributed by atoms with E-state index < -0.39 is 22.5 Å². The average molecular weight is 401 g/mol. The van der Waals surface area contributed by atoms with Gasteiger partial charge >= 0.3 is 0 Å². The van der Waals surface area contributed by atoms with Crippen LogP contribution in [0.4, 0.5) is 14.5 Å². The summed E-state index contributed by atoms with van der Waals surface area (Å²) in [6.45, 7) is 1.09. The highest BCUT2D eigenvalue weighted by Gasteiger charge is 2.24.